The molecule has 0 radical (unpaired) electrons. The van der Waals surface area contributed by atoms with Crippen molar-refractivity contribution in [1.82, 2.24) is 10.2 Å². The maximum absolute atomic E-state index is 12.4. The molecule has 2 aromatic rings. The number of nitrogens with one attached hydrogen (secondary N) is 1. The van der Waals surface area contributed by atoms with Crippen LogP contribution in [0.3, 0.4) is 0 Å². The van der Waals surface area contributed by atoms with Gasteiger partial charge in [0, 0.05) is 43.9 Å². The third kappa shape index (κ3) is 5.06. The number of benzene rings is 2. The van der Waals surface area contributed by atoms with Gasteiger partial charge in [0.2, 0.25) is 0 Å². The SMILES string of the molecule is CN1CCc2cc([C@H](CNC(=O)COc3ccc(Cl)cc3)N3CCOCC3)ccc21. The number of morpholine rings is 1. The molecule has 0 unspecified atom stereocenters. The highest BCUT2D eigenvalue weighted by Gasteiger charge is 2.25. The van der Waals surface area contributed by atoms with Crippen LogP contribution in [0.5, 0.6) is 5.75 Å². The van der Waals surface area contributed by atoms with Crippen molar-refractivity contribution in [2.24, 2.45) is 0 Å². The first-order valence-corrected chi connectivity index (χ1v) is 10.8. The summed E-state index contributed by atoms with van der Waals surface area (Å²) in [6.07, 6.45) is 1.07. The maximum atomic E-state index is 12.4. The van der Waals surface area contributed by atoms with Crippen LogP contribution in [-0.4, -0.2) is 63.9 Å². The zero-order valence-electron chi connectivity index (χ0n) is 17.3. The summed E-state index contributed by atoms with van der Waals surface area (Å²) in [4.78, 5) is 17.1. The van der Waals surface area contributed by atoms with Crippen LogP contribution >= 0.6 is 11.6 Å². The van der Waals surface area contributed by atoms with E-state index in [1.165, 1.54) is 16.8 Å². The lowest BCUT2D eigenvalue weighted by atomic mass is 10.0. The molecule has 2 heterocycles. The molecule has 4 rings (SSSR count). The van der Waals surface area contributed by atoms with E-state index in [2.05, 4.69) is 40.4 Å². The van der Waals surface area contributed by atoms with Gasteiger partial charge in [-0.15, -0.1) is 0 Å². The van der Waals surface area contributed by atoms with Crippen molar-refractivity contribution in [2.75, 3.05) is 57.9 Å². The molecule has 6 nitrogen and oxygen atoms in total. The Morgan fingerprint density at radius 3 is 2.70 bits per heavy atom. The van der Waals surface area contributed by atoms with E-state index < -0.39 is 0 Å². The number of hydrogen-bond donors (Lipinski definition) is 1. The number of anilines is 1. The van der Waals surface area contributed by atoms with Gasteiger partial charge in [0.15, 0.2) is 6.61 Å². The van der Waals surface area contributed by atoms with E-state index in [4.69, 9.17) is 21.1 Å². The van der Waals surface area contributed by atoms with Crippen LogP contribution < -0.4 is 15.0 Å². The minimum atomic E-state index is -0.135. The molecular formula is C23H28ClN3O3. The standard InChI is InChI=1S/C23H28ClN3O3/c1-26-9-8-18-14-17(2-7-21(18)26)22(27-10-12-29-13-11-27)15-25-23(28)16-30-20-5-3-19(24)4-6-20/h2-7,14,22H,8-13,15-16H2,1H3,(H,25,28)/t22-/m0/s1. The highest BCUT2D eigenvalue weighted by Crippen LogP contribution is 2.31. The van der Waals surface area contributed by atoms with Gasteiger partial charge < -0.3 is 19.7 Å². The van der Waals surface area contributed by atoms with Gasteiger partial charge >= 0.3 is 0 Å². The molecule has 30 heavy (non-hydrogen) atoms. The summed E-state index contributed by atoms with van der Waals surface area (Å²) in [7, 11) is 2.13. The van der Waals surface area contributed by atoms with Crippen LogP contribution in [0.1, 0.15) is 17.2 Å². The Bertz CT molecular complexity index is 868. The summed E-state index contributed by atoms with van der Waals surface area (Å²) in [6, 6.07) is 13.8. The molecule has 2 aromatic carbocycles. The van der Waals surface area contributed by atoms with Crippen molar-refractivity contribution in [1.29, 1.82) is 0 Å². The molecular weight excluding hydrogens is 402 g/mol. The average Bonchev–Trinajstić information content (AvgIpc) is 3.14. The minimum Gasteiger partial charge on any atom is -0.484 e. The number of carbonyl (C=O) groups is 1. The van der Waals surface area contributed by atoms with Crippen LogP contribution in [-0.2, 0) is 16.0 Å². The number of carbonyl (C=O) groups excluding carboxylic acids is 1. The monoisotopic (exact) mass is 429 g/mol. The summed E-state index contributed by atoms with van der Waals surface area (Å²) >= 11 is 5.88. The van der Waals surface area contributed by atoms with E-state index in [1.807, 2.05) is 0 Å². The van der Waals surface area contributed by atoms with E-state index in [0.29, 0.717) is 17.3 Å². The summed E-state index contributed by atoms with van der Waals surface area (Å²) in [5.41, 5.74) is 3.93. The quantitative estimate of drug-likeness (QED) is 0.733. The first-order chi connectivity index (χ1) is 14.6. The van der Waals surface area contributed by atoms with Gasteiger partial charge in [0.1, 0.15) is 5.75 Å². The fourth-order valence-electron chi connectivity index (χ4n) is 4.08. The van der Waals surface area contributed by atoms with E-state index in [0.717, 1.165) is 39.3 Å². The summed E-state index contributed by atoms with van der Waals surface area (Å²) < 4.78 is 11.1. The Morgan fingerprint density at radius 1 is 1.17 bits per heavy atom. The Balaban J connectivity index is 1.40. The number of ether oxygens (including phenoxy) is 2. The molecule has 0 bridgehead atoms. The first kappa shape index (κ1) is 21.0. The molecule has 0 saturated carbocycles. The van der Waals surface area contributed by atoms with Crippen LogP contribution in [0.25, 0.3) is 0 Å². The van der Waals surface area contributed by atoms with Gasteiger partial charge in [-0.2, -0.15) is 0 Å². The number of nitrogens with zero attached hydrogens (tertiary/aromatic N) is 2. The molecule has 1 saturated heterocycles. The Kier molecular flexibility index (Phi) is 6.77. The molecule has 160 valence electrons. The Labute approximate surface area is 182 Å². The highest BCUT2D eigenvalue weighted by atomic mass is 35.5. The second kappa shape index (κ2) is 9.69. The molecule has 1 atom stereocenters. The lowest BCUT2D eigenvalue weighted by Gasteiger charge is -2.35. The first-order valence-electron chi connectivity index (χ1n) is 10.4. The predicted molar refractivity (Wildman–Crippen MR) is 119 cm³/mol. The third-order valence-electron chi connectivity index (χ3n) is 5.78. The van der Waals surface area contributed by atoms with E-state index in [9.17, 15) is 4.79 Å². The van der Waals surface area contributed by atoms with Gasteiger partial charge in [0.05, 0.1) is 19.3 Å². The molecule has 0 aliphatic carbocycles. The zero-order valence-corrected chi connectivity index (χ0v) is 18.0. The molecule has 0 spiro atoms. The minimum absolute atomic E-state index is 0.0214. The van der Waals surface area contributed by atoms with Crippen molar-refractivity contribution < 1.29 is 14.3 Å². The predicted octanol–water partition coefficient (Wildman–Crippen LogP) is 2.90. The fraction of sp³-hybridized carbons (Fsp3) is 0.435. The fourth-order valence-corrected chi connectivity index (χ4v) is 4.21. The Hall–Kier alpha value is -2.28. The number of likely N-dealkylation sites (N-methyl/N-ethyl adjacent to an activating group) is 1. The van der Waals surface area contributed by atoms with E-state index in [1.54, 1.807) is 24.3 Å². The zero-order chi connectivity index (χ0) is 20.9. The molecule has 2 aliphatic heterocycles. The Morgan fingerprint density at radius 2 is 1.93 bits per heavy atom. The van der Waals surface area contributed by atoms with Gasteiger partial charge in [-0.05, 0) is 47.9 Å². The number of amides is 1. The van der Waals surface area contributed by atoms with Crippen molar-refractivity contribution in [3.8, 4) is 5.75 Å². The van der Waals surface area contributed by atoms with Gasteiger partial charge in [-0.25, -0.2) is 0 Å². The summed E-state index contributed by atoms with van der Waals surface area (Å²) in [5.74, 6) is 0.492. The van der Waals surface area contributed by atoms with Crippen LogP contribution in [0.2, 0.25) is 5.02 Å². The largest absolute Gasteiger partial charge is 0.484 e. The number of fused-ring (bicyclic) bond motifs is 1. The molecule has 1 N–H and O–H groups in total. The van der Waals surface area contributed by atoms with Gasteiger partial charge in [-0.1, -0.05) is 23.7 Å². The van der Waals surface area contributed by atoms with E-state index in [-0.39, 0.29) is 18.6 Å². The summed E-state index contributed by atoms with van der Waals surface area (Å²) in [5, 5.41) is 3.69. The number of hydrogen-bond acceptors (Lipinski definition) is 5. The maximum Gasteiger partial charge on any atom is 0.258 e. The average molecular weight is 430 g/mol. The normalized spacial score (nSPS) is 17.5. The second-order valence-corrected chi connectivity index (χ2v) is 8.21. The molecule has 1 fully saturated rings. The molecule has 7 heteroatoms. The number of rotatable bonds is 7. The third-order valence-corrected chi connectivity index (χ3v) is 6.03. The van der Waals surface area contributed by atoms with Crippen molar-refractivity contribution >= 4 is 23.2 Å². The summed E-state index contributed by atoms with van der Waals surface area (Å²) in [6.45, 7) is 4.73. The molecule has 1 amide bonds. The highest BCUT2D eigenvalue weighted by molar-refractivity contribution is 6.30. The van der Waals surface area contributed by atoms with Crippen molar-refractivity contribution in [3.63, 3.8) is 0 Å². The second-order valence-electron chi connectivity index (χ2n) is 7.77. The number of halogens is 1. The molecule has 2 aliphatic rings. The van der Waals surface area contributed by atoms with Gasteiger partial charge in [0.25, 0.3) is 5.91 Å². The van der Waals surface area contributed by atoms with Crippen LogP contribution in [0.4, 0.5) is 5.69 Å². The lowest BCUT2D eigenvalue weighted by Crippen LogP contribution is -2.44. The van der Waals surface area contributed by atoms with Gasteiger partial charge in [-0.3, -0.25) is 9.69 Å². The van der Waals surface area contributed by atoms with Crippen LogP contribution in [0.15, 0.2) is 42.5 Å². The topological polar surface area (TPSA) is 54.0 Å². The van der Waals surface area contributed by atoms with E-state index >= 15 is 0 Å². The smallest absolute Gasteiger partial charge is 0.258 e. The lowest BCUT2D eigenvalue weighted by molar-refractivity contribution is -0.123. The van der Waals surface area contributed by atoms with Crippen LogP contribution in [0, 0.1) is 0 Å². The van der Waals surface area contributed by atoms with Crippen molar-refractivity contribution in [3.05, 3.63) is 58.6 Å². The van der Waals surface area contributed by atoms with Crippen molar-refractivity contribution in [2.45, 2.75) is 12.5 Å². The molecule has 0 aromatic heterocycles.